The van der Waals surface area contributed by atoms with Crippen molar-refractivity contribution < 1.29 is 9.53 Å². The van der Waals surface area contributed by atoms with Gasteiger partial charge in [-0.1, -0.05) is 42.0 Å². The molecule has 0 heterocycles. The van der Waals surface area contributed by atoms with Crippen LogP contribution in [0.3, 0.4) is 0 Å². The summed E-state index contributed by atoms with van der Waals surface area (Å²) in [4.78, 5) is 11.2. The second-order valence-electron chi connectivity index (χ2n) is 3.32. The molecule has 0 fully saturated rings. The van der Waals surface area contributed by atoms with E-state index >= 15 is 0 Å². The summed E-state index contributed by atoms with van der Waals surface area (Å²) in [5.74, 6) is -0.643. The van der Waals surface area contributed by atoms with Crippen LogP contribution in [0.5, 0.6) is 0 Å². The fourth-order valence-corrected chi connectivity index (χ4v) is 1.37. The predicted octanol–water partition coefficient (Wildman–Crippen LogP) is 3.25. The Morgan fingerprint density at radius 2 is 2.22 bits per heavy atom. The number of carbonyl (C=O) groups is 1. The summed E-state index contributed by atoms with van der Waals surface area (Å²) < 4.78 is 4.71. The topological polar surface area (TPSA) is 50.7 Å². The number of benzene rings is 1. The molecule has 18 heavy (non-hydrogen) atoms. The molecule has 4 nitrogen and oxygen atoms in total. The maximum absolute atomic E-state index is 11.2. The lowest BCUT2D eigenvalue weighted by Crippen LogP contribution is -2.13. The number of ether oxygens (including phenoxy) is 1. The molecule has 1 rings (SSSR count). The number of hydrogen-bond donors (Lipinski definition) is 1. The lowest BCUT2D eigenvalue weighted by Gasteiger charge is -2.05. The number of hydrazone groups is 1. The lowest BCUT2D eigenvalue weighted by molar-refractivity contribution is -0.134. The molecule has 0 aliphatic heterocycles. The Morgan fingerprint density at radius 1 is 1.50 bits per heavy atom. The van der Waals surface area contributed by atoms with Gasteiger partial charge in [-0.2, -0.15) is 5.10 Å². The zero-order valence-corrected chi connectivity index (χ0v) is 11.1. The van der Waals surface area contributed by atoms with Crippen LogP contribution in [-0.2, 0) is 9.53 Å². The van der Waals surface area contributed by atoms with Gasteiger partial charge in [-0.05, 0) is 25.5 Å². The molecule has 0 saturated carbocycles. The summed E-state index contributed by atoms with van der Waals surface area (Å²) in [6.07, 6.45) is 3.84. The van der Waals surface area contributed by atoms with Crippen molar-refractivity contribution in [2.45, 2.75) is 13.8 Å². The van der Waals surface area contributed by atoms with Crippen LogP contribution in [0.1, 0.15) is 19.4 Å². The van der Waals surface area contributed by atoms with Crippen molar-refractivity contribution >= 4 is 34.5 Å². The SMILES string of the molecule is CC=Cc1ccccc1NN=C(Cl)C(=O)OCC. The Labute approximate surface area is 111 Å². The highest BCUT2D eigenvalue weighted by Crippen LogP contribution is 2.16. The van der Waals surface area contributed by atoms with Gasteiger partial charge in [-0.25, -0.2) is 4.79 Å². The number of halogens is 1. The van der Waals surface area contributed by atoms with Crippen LogP contribution in [0.25, 0.3) is 6.08 Å². The minimum atomic E-state index is -0.643. The fourth-order valence-electron chi connectivity index (χ4n) is 1.27. The Balaban J connectivity index is 2.79. The number of para-hydroxylation sites is 1. The van der Waals surface area contributed by atoms with Crippen molar-refractivity contribution in [3.05, 3.63) is 35.9 Å². The van der Waals surface area contributed by atoms with Crippen LogP contribution in [-0.4, -0.2) is 17.7 Å². The number of carbonyl (C=O) groups excluding carboxylic acids is 1. The highest BCUT2D eigenvalue weighted by atomic mass is 35.5. The molecule has 96 valence electrons. The first-order chi connectivity index (χ1) is 8.69. The number of nitrogens with zero attached hydrogens (tertiary/aromatic N) is 1. The van der Waals surface area contributed by atoms with E-state index in [0.717, 1.165) is 11.3 Å². The molecule has 0 aliphatic rings. The van der Waals surface area contributed by atoms with E-state index in [0.29, 0.717) is 0 Å². The Hall–Kier alpha value is -1.81. The molecule has 0 bridgehead atoms. The predicted molar refractivity (Wildman–Crippen MR) is 74.7 cm³/mol. The van der Waals surface area contributed by atoms with Crippen molar-refractivity contribution in [3.8, 4) is 0 Å². The van der Waals surface area contributed by atoms with Crippen LogP contribution in [0.4, 0.5) is 5.69 Å². The highest BCUT2D eigenvalue weighted by molar-refractivity contribution is 6.82. The van der Waals surface area contributed by atoms with Gasteiger partial charge in [-0.15, -0.1) is 0 Å². The van der Waals surface area contributed by atoms with Crippen molar-refractivity contribution in [2.24, 2.45) is 5.10 Å². The van der Waals surface area contributed by atoms with Gasteiger partial charge in [0, 0.05) is 0 Å². The van der Waals surface area contributed by atoms with Gasteiger partial charge in [0.2, 0.25) is 5.17 Å². The van der Waals surface area contributed by atoms with Crippen LogP contribution in [0.15, 0.2) is 35.4 Å². The minimum absolute atomic E-state index is 0.230. The van der Waals surface area contributed by atoms with Gasteiger partial charge in [0.1, 0.15) is 0 Å². The van der Waals surface area contributed by atoms with Crippen LogP contribution in [0, 0.1) is 0 Å². The Kier molecular flexibility index (Phi) is 5.94. The molecule has 0 amide bonds. The van der Waals surface area contributed by atoms with E-state index in [4.69, 9.17) is 16.3 Å². The van der Waals surface area contributed by atoms with Crippen molar-refractivity contribution in [1.29, 1.82) is 0 Å². The number of esters is 1. The van der Waals surface area contributed by atoms with E-state index < -0.39 is 5.97 Å². The molecule has 0 atom stereocenters. The summed E-state index contributed by atoms with van der Waals surface area (Å²) in [5, 5.41) is 3.55. The molecule has 0 unspecified atom stereocenters. The first kappa shape index (κ1) is 14.3. The molecule has 5 heteroatoms. The average molecular weight is 267 g/mol. The number of anilines is 1. The second-order valence-corrected chi connectivity index (χ2v) is 3.68. The molecule has 0 spiro atoms. The van der Waals surface area contributed by atoms with Gasteiger partial charge in [0.05, 0.1) is 12.3 Å². The first-order valence-electron chi connectivity index (χ1n) is 5.57. The van der Waals surface area contributed by atoms with E-state index in [9.17, 15) is 4.79 Å². The smallest absolute Gasteiger partial charge is 0.370 e. The molecular weight excluding hydrogens is 252 g/mol. The maximum Gasteiger partial charge on any atom is 0.370 e. The van der Waals surface area contributed by atoms with Gasteiger partial charge in [-0.3, -0.25) is 5.43 Å². The standard InChI is InChI=1S/C13H15ClN2O2/c1-3-7-10-8-5-6-9-11(10)15-16-12(14)13(17)18-4-2/h3,5-9,15H,4H2,1-2H3. The lowest BCUT2D eigenvalue weighted by atomic mass is 10.2. The summed E-state index contributed by atoms with van der Waals surface area (Å²) in [7, 11) is 0. The van der Waals surface area contributed by atoms with E-state index in [1.54, 1.807) is 6.92 Å². The third-order valence-corrected chi connectivity index (χ3v) is 2.26. The summed E-state index contributed by atoms with van der Waals surface area (Å²) >= 11 is 5.68. The third kappa shape index (κ3) is 4.22. The third-order valence-electron chi connectivity index (χ3n) is 2.03. The van der Waals surface area contributed by atoms with Gasteiger partial charge in [0.25, 0.3) is 0 Å². The molecule has 1 aromatic rings. The highest BCUT2D eigenvalue weighted by Gasteiger charge is 2.09. The monoisotopic (exact) mass is 266 g/mol. The van der Waals surface area contributed by atoms with E-state index in [1.165, 1.54) is 0 Å². The summed E-state index contributed by atoms with van der Waals surface area (Å²) in [5.41, 5.74) is 4.46. The maximum atomic E-state index is 11.2. The average Bonchev–Trinajstić information content (AvgIpc) is 2.38. The van der Waals surface area contributed by atoms with E-state index in [2.05, 4.69) is 10.5 Å². The normalized spacial score (nSPS) is 11.6. The zero-order chi connectivity index (χ0) is 13.4. The van der Waals surface area contributed by atoms with Gasteiger partial charge in [0.15, 0.2) is 0 Å². The van der Waals surface area contributed by atoms with Crippen LogP contribution in [0.2, 0.25) is 0 Å². The van der Waals surface area contributed by atoms with Crippen LogP contribution >= 0.6 is 11.6 Å². The molecule has 0 saturated heterocycles. The quantitative estimate of drug-likeness (QED) is 0.506. The second kappa shape index (κ2) is 7.50. The molecule has 0 aromatic heterocycles. The summed E-state index contributed by atoms with van der Waals surface area (Å²) in [6, 6.07) is 7.55. The number of nitrogens with one attached hydrogen (secondary N) is 1. The van der Waals surface area contributed by atoms with Crippen molar-refractivity contribution in [2.75, 3.05) is 12.0 Å². The first-order valence-corrected chi connectivity index (χ1v) is 5.94. The number of rotatable bonds is 5. The Bertz CT molecular complexity index is 470. The molecule has 1 aromatic carbocycles. The molecule has 0 aliphatic carbocycles. The largest absolute Gasteiger partial charge is 0.461 e. The number of hydrogen-bond acceptors (Lipinski definition) is 4. The molecular formula is C13H15ClN2O2. The Morgan fingerprint density at radius 3 is 2.89 bits per heavy atom. The van der Waals surface area contributed by atoms with E-state index in [-0.39, 0.29) is 11.8 Å². The van der Waals surface area contributed by atoms with Gasteiger partial charge >= 0.3 is 5.97 Å². The van der Waals surface area contributed by atoms with Crippen LogP contribution < -0.4 is 5.43 Å². The minimum Gasteiger partial charge on any atom is -0.461 e. The number of allylic oxidation sites excluding steroid dienone is 1. The molecule has 1 N–H and O–H groups in total. The zero-order valence-electron chi connectivity index (χ0n) is 10.3. The van der Waals surface area contributed by atoms with E-state index in [1.807, 2.05) is 43.3 Å². The fraction of sp³-hybridized carbons (Fsp3) is 0.231. The summed E-state index contributed by atoms with van der Waals surface area (Å²) in [6.45, 7) is 3.89. The van der Waals surface area contributed by atoms with Gasteiger partial charge < -0.3 is 4.74 Å². The van der Waals surface area contributed by atoms with Crippen molar-refractivity contribution in [3.63, 3.8) is 0 Å². The van der Waals surface area contributed by atoms with Crippen molar-refractivity contribution in [1.82, 2.24) is 0 Å². The molecule has 0 radical (unpaired) electrons.